The van der Waals surface area contributed by atoms with E-state index in [1.165, 1.54) is 6.07 Å². The van der Waals surface area contributed by atoms with E-state index in [0.29, 0.717) is 94.1 Å². The van der Waals surface area contributed by atoms with E-state index >= 15 is 0 Å². The van der Waals surface area contributed by atoms with E-state index in [2.05, 4.69) is 91.8 Å². The fourth-order valence-corrected chi connectivity index (χ4v) is 13.0. The van der Waals surface area contributed by atoms with Crippen molar-refractivity contribution in [3.8, 4) is 103 Å². The van der Waals surface area contributed by atoms with Gasteiger partial charge in [0.25, 0.3) is 0 Å². The predicted octanol–water partition coefficient (Wildman–Crippen LogP) is 20.5. The zero-order valence-electron chi connectivity index (χ0n) is 63.1. The summed E-state index contributed by atoms with van der Waals surface area (Å²) in [6.07, 6.45) is 6.27. The maximum atomic E-state index is 13.7. The lowest BCUT2D eigenvalue weighted by molar-refractivity contribution is -0.0252. The molecule has 16 nitrogen and oxygen atoms in total. The van der Waals surface area contributed by atoms with E-state index in [0.717, 1.165) is 129 Å². The molecule has 4 atom stereocenters. The second-order valence-electron chi connectivity index (χ2n) is 28.3. The number of phenols is 2. The molecule has 10 aromatic rings. The number of ether oxygens (including phenoxy) is 7. The van der Waals surface area contributed by atoms with Crippen molar-refractivity contribution in [2.75, 3.05) is 39.6 Å². The maximum Gasteiger partial charge on any atom is 0.514 e. The Hall–Kier alpha value is -10.0. The van der Waals surface area contributed by atoms with Crippen LogP contribution in [-0.4, -0.2) is 98.1 Å². The molecule has 0 aliphatic rings. The molecular formula is C88H102N6O10. The van der Waals surface area contributed by atoms with Crippen LogP contribution in [0.15, 0.2) is 158 Å². The van der Waals surface area contributed by atoms with Gasteiger partial charge in [0.15, 0.2) is 47.2 Å². The van der Waals surface area contributed by atoms with Crippen molar-refractivity contribution in [1.82, 2.24) is 29.9 Å². The van der Waals surface area contributed by atoms with E-state index in [9.17, 15) is 15.0 Å². The predicted molar refractivity (Wildman–Crippen MR) is 413 cm³/mol. The van der Waals surface area contributed by atoms with Gasteiger partial charge in [-0.15, -0.1) is 0 Å². The molecular weight excluding hydrogens is 1300 g/mol. The summed E-state index contributed by atoms with van der Waals surface area (Å²) in [7, 11) is 0. The fourth-order valence-electron chi connectivity index (χ4n) is 13.0. The van der Waals surface area contributed by atoms with Crippen molar-refractivity contribution < 1.29 is 48.2 Å². The molecule has 0 fully saturated rings. The number of hydrogen-bond acceptors (Lipinski definition) is 16. The quantitative estimate of drug-likeness (QED) is 0.0285. The van der Waals surface area contributed by atoms with Gasteiger partial charge in [0.05, 0.1) is 24.3 Å². The summed E-state index contributed by atoms with van der Waals surface area (Å²) in [5.74, 6) is 5.03. The first kappa shape index (κ1) is 76.6. The summed E-state index contributed by atoms with van der Waals surface area (Å²) >= 11 is 0. The van der Waals surface area contributed by atoms with E-state index in [1.54, 1.807) is 36.4 Å². The third-order valence-electron chi connectivity index (χ3n) is 19.4. The fraction of sp³-hybridized carbons (Fsp3) is 0.375. The molecule has 0 aliphatic carbocycles. The van der Waals surface area contributed by atoms with Crippen LogP contribution in [0.25, 0.3) is 68.3 Å². The van der Waals surface area contributed by atoms with Gasteiger partial charge in [-0.2, -0.15) is 0 Å². The number of phenolic OH excluding ortho intramolecular Hbond substituents is 2. The molecule has 10 rings (SSSR count). The number of aromatic nitrogens is 6. The Bertz CT molecular complexity index is 4400. The average molecular weight is 1400 g/mol. The van der Waals surface area contributed by atoms with Gasteiger partial charge in [0, 0.05) is 53.0 Å². The molecule has 0 radical (unpaired) electrons. The molecule has 0 saturated heterocycles. The number of benzene rings is 8. The number of carbonyl (C=O) groups excluding carboxylic acids is 1. The van der Waals surface area contributed by atoms with Crippen LogP contribution in [-0.2, 0) is 19.6 Å². The number of aryl methyl sites for hydroxylation is 8. The first-order valence-electron chi connectivity index (χ1n) is 36.7. The minimum Gasteiger partial charge on any atom is -0.507 e. The Morgan fingerprint density at radius 3 is 1.06 bits per heavy atom. The van der Waals surface area contributed by atoms with Crippen LogP contribution in [0, 0.1) is 67.2 Å². The molecule has 0 saturated carbocycles. The largest absolute Gasteiger partial charge is 0.514 e. The smallest absolute Gasteiger partial charge is 0.507 e. The number of carbonyl (C=O) groups is 1. The van der Waals surface area contributed by atoms with Gasteiger partial charge in [-0.05, 0) is 162 Å². The molecule has 4 unspecified atom stereocenters. The summed E-state index contributed by atoms with van der Waals surface area (Å²) in [6.45, 7) is 30.9. The van der Waals surface area contributed by atoms with Gasteiger partial charge in [-0.1, -0.05) is 199 Å². The van der Waals surface area contributed by atoms with E-state index < -0.39 is 23.8 Å². The zero-order valence-corrected chi connectivity index (χ0v) is 63.1. The maximum absolute atomic E-state index is 13.7. The van der Waals surface area contributed by atoms with Crippen LogP contribution >= 0.6 is 0 Å². The highest BCUT2D eigenvalue weighted by molar-refractivity contribution is 5.75. The number of aromatic hydroxyl groups is 2. The molecule has 8 aromatic carbocycles. The molecule has 2 aromatic heterocycles. The SMILES string of the molecule is CCCCC(CC)COCC(COc1ccc(-c2nc(-c3ccc(C)cc3C)nc(-c3ccc(C)cc3C)n2)c(O)c1)OC(=O)Oc1ccc(C(C)(C)c2ccc(OC(COCC(CC)CCCC)COc3ccc(-c4nc(-c5ccc(C)cc5C)nc(-c5ccc(C)cc5C)n4)c(O)c3)cc2)cc1. The zero-order chi connectivity index (χ0) is 74.0. The highest BCUT2D eigenvalue weighted by atomic mass is 16.7. The van der Waals surface area contributed by atoms with Crippen LogP contribution in [0.3, 0.4) is 0 Å². The second-order valence-corrected chi connectivity index (χ2v) is 28.3. The normalized spacial score (nSPS) is 12.7. The summed E-state index contributed by atoms with van der Waals surface area (Å²) in [6, 6.07) is 50.2. The molecule has 0 amide bonds. The molecule has 2 N–H and O–H groups in total. The monoisotopic (exact) mass is 1400 g/mol. The summed E-state index contributed by atoms with van der Waals surface area (Å²) < 4.78 is 43.8. The van der Waals surface area contributed by atoms with Gasteiger partial charge in [-0.25, -0.2) is 34.7 Å². The Morgan fingerprint density at radius 2 is 0.712 bits per heavy atom. The van der Waals surface area contributed by atoms with Crippen LogP contribution in [0.4, 0.5) is 4.79 Å². The first-order valence-corrected chi connectivity index (χ1v) is 36.7. The third-order valence-corrected chi connectivity index (χ3v) is 19.4. The number of unbranched alkanes of at least 4 members (excludes halogenated alkanes) is 2. The van der Waals surface area contributed by atoms with Crippen molar-refractivity contribution in [3.63, 3.8) is 0 Å². The highest BCUT2D eigenvalue weighted by Gasteiger charge is 2.27. The van der Waals surface area contributed by atoms with Crippen LogP contribution in [0.1, 0.15) is 149 Å². The molecule has 544 valence electrons. The Labute approximate surface area is 614 Å². The summed E-state index contributed by atoms with van der Waals surface area (Å²) in [5.41, 5.74) is 14.5. The van der Waals surface area contributed by atoms with Crippen LogP contribution < -0.4 is 18.9 Å². The van der Waals surface area contributed by atoms with Crippen molar-refractivity contribution in [3.05, 3.63) is 213 Å². The number of nitrogens with zero attached hydrogens (tertiary/aromatic N) is 6. The molecule has 0 spiro atoms. The van der Waals surface area contributed by atoms with Gasteiger partial charge >= 0.3 is 6.16 Å². The lowest BCUT2D eigenvalue weighted by Crippen LogP contribution is -2.32. The van der Waals surface area contributed by atoms with E-state index in [1.807, 2.05) is 120 Å². The minimum atomic E-state index is -0.913. The Kier molecular flexibility index (Phi) is 26.5. The lowest BCUT2D eigenvalue weighted by Gasteiger charge is -2.27. The molecule has 16 heteroatoms. The van der Waals surface area contributed by atoms with E-state index in [4.69, 9.17) is 63.1 Å². The second kappa shape index (κ2) is 35.9. The highest BCUT2D eigenvalue weighted by Crippen LogP contribution is 2.39. The van der Waals surface area contributed by atoms with Gasteiger partial charge in [-0.3, -0.25) is 0 Å². The summed E-state index contributed by atoms with van der Waals surface area (Å²) in [4.78, 5) is 43.3. The molecule has 0 bridgehead atoms. The number of rotatable bonds is 34. The van der Waals surface area contributed by atoms with Crippen molar-refractivity contribution >= 4 is 6.16 Å². The summed E-state index contributed by atoms with van der Waals surface area (Å²) in [5, 5.41) is 23.4. The Morgan fingerprint density at radius 1 is 0.385 bits per heavy atom. The van der Waals surface area contributed by atoms with Gasteiger partial charge in [0.2, 0.25) is 0 Å². The minimum absolute atomic E-state index is 0.0379. The topological polar surface area (TPSA) is 199 Å². The first-order chi connectivity index (χ1) is 50.1. The molecule has 0 aliphatic heterocycles. The van der Waals surface area contributed by atoms with Crippen molar-refractivity contribution in [2.45, 2.75) is 166 Å². The van der Waals surface area contributed by atoms with E-state index in [-0.39, 0.29) is 37.9 Å². The molecule has 2 heterocycles. The standard InChI is InChI=1S/C88H102N6O10/c1-15-19-21-63(17-3)49-98-51-71(53-100-69-35-41-77(79(95)47-69)85-91-81(73-37-23-55(5)43-59(73)9)89-82(92-85)74-38-24-56(6)44-60(74)10)102-67-31-27-65(28-32-67)88(13,14)66-29-33-68(34-30-66)103-87(97)104-72(52-99-50-64(18-4)22-20-16-2)54-101-70-36-42-78(80(96)48-70)86-93-83(75-39-25-57(7)45-61(75)11)90-84(94-86)76-40-26-58(8)46-62(76)12/h23-48,63-64,71-72,95-96H,15-22,49-54H2,1-14H3. The number of hydrogen-bond donors (Lipinski definition) is 2. The van der Waals surface area contributed by atoms with Crippen molar-refractivity contribution in [2.24, 2.45) is 11.8 Å². The van der Waals surface area contributed by atoms with Crippen LogP contribution in [0.2, 0.25) is 0 Å². The van der Waals surface area contributed by atoms with Crippen molar-refractivity contribution in [1.29, 1.82) is 0 Å². The molecule has 104 heavy (non-hydrogen) atoms. The van der Waals surface area contributed by atoms with Gasteiger partial charge in [0.1, 0.15) is 47.7 Å². The van der Waals surface area contributed by atoms with Crippen LogP contribution in [0.5, 0.6) is 34.5 Å². The third kappa shape index (κ3) is 20.2. The Balaban J connectivity index is 0.802. The average Bonchev–Trinajstić information content (AvgIpc) is 0.786. The van der Waals surface area contributed by atoms with Gasteiger partial charge < -0.3 is 43.4 Å². The lowest BCUT2D eigenvalue weighted by atomic mass is 9.78.